The highest BCUT2D eigenvalue weighted by Gasteiger charge is 2.16. The summed E-state index contributed by atoms with van der Waals surface area (Å²) in [5, 5.41) is 0. The Labute approximate surface area is 123 Å². The molecule has 3 nitrogen and oxygen atoms in total. The molecule has 0 saturated carbocycles. The van der Waals surface area contributed by atoms with E-state index in [1.165, 1.54) is 19.3 Å². The molecular weight excluding hydrogens is 250 g/mol. The predicted octanol–water partition coefficient (Wildman–Crippen LogP) is 3.93. The Morgan fingerprint density at radius 1 is 1.20 bits per heavy atom. The monoisotopic (exact) mass is 279 g/mol. The lowest BCUT2D eigenvalue weighted by Gasteiger charge is -2.22. The van der Waals surface area contributed by atoms with Crippen molar-refractivity contribution in [1.82, 2.24) is 0 Å². The zero-order chi connectivity index (χ0) is 14.8. The normalized spacial score (nSPS) is 14.0. The Morgan fingerprint density at radius 3 is 2.55 bits per heavy atom. The van der Waals surface area contributed by atoms with Crippen LogP contribution in [0.4, 0.5) is 0 Å². The molecule has 20 heavy (non-hydrogen) atoms. The first-order valence-electron chi connectivity index (χ1n) is 7.71. The molecule has 2 atom stereocenters. The van der Waals surface area contributed by atoms with E-state index in [-0.39, 0.29) is 6.10 Å². The number of benzene rings is 1. The van der Waals surface area contributed by atoms with Crippen LogP contribution in [0.2, 0.25) is 0 Å². The molecule has 0 aliphatic heterocycles. The Kier molecular flexibility index (Phi) is 8.31. The molecule has 1 rings (SSSR count). The highest BCUT2D eigenvalue weighted by Crippen LogP contribution is 2.27. The fourth-order valence-corrected chi connectivity index (χ4v) is 2.37. The standard InChI is InChI=1S/C17H29NO2/c1-4-6-9-14(5-2)13-20-17(12-18)15-10-7-8-11-16(15)19-3/h7-8,10-11,14,17H,4-6,9,12-13,18H2,1-3H3. The van der Waals surface area contributed by atoms with Crippen LogP contribution >= 0.6 is 0 Å². The number of methoxy groups -OCH3 is 1. The third-order valence-electron chi connectivity index (χ3n) is 3.78. The van der Waals surface area contributed by atoms with E-state index >= 15 is 0 Å². The molecule has 1 aromatic rings. The zero-order valence-corrected chi connectivity index (χ0v) is 13.1. The van der Waals surface area contributed by atoms with Crippen molar-refractivity contribution >= 4 is 0 Å². The van der Waals surface area contributed by atoms with Crippen molar-refractivity contribution in [1.29, 1.82) is 0 Å². The van der Waals surface area contributed by atoms with E-state index in [1.807, 2.05) is 24.3 Å². The van der Waals surface area contributed by atoms with Crippen LogP contribution in [0.3, 0.4) is 0 Å². The van der Waals surface area contributed by atoms with Gasteiger partial charge in [0.1, 0.15) is 5.75 Å². The summed E-state index contributed by atoms with van der Waals surface area (Å²) in [7, 11) is 1.68. The number of unbranched alkanes of at least 4 members (excludes halogenated alkanes) is 1. The smallest absolute Gasteiger partial charge is 0.124 e. The van der Waals surface area contributed by atoms with Crippen molar-refractivity contribution in [3.63, 3.8) is 0 Å². The van der Waals surface area contributed by atoms with Gasteiger partial charge in [0.05, 0.1) is 19.8 Å². The third-order valence-corrected chi connectivity index (χ3v) is 3.78. The number of nitrogens with two attached hydrogens (primary N) is 1. The summed E-state index contributed by atoms with van der Waals surface area (Å²) in [6.45, 7) is 5.70. The minimum Gasteiger partial charge on any atom is -0.496 e. The molecule has 0 spiro atoms. The molecule has 1 aromatic carbocycles. The average Bonchev–Trinajstić information content (AvgIpc) is 2.51. The number of ether oxygens (including phenoxy) is 2. The molecule has 0 saturated heterocycles. The first kappa shape index (κ1) is 17.0. The van der Waals surface area contributed by atoms with Gasteiger partial charge in [-0.05, 0) is 18.4 Å². The minimum absolute atomic E-state index is 0.0816. The van der Waals surface area contributed by atoms with E-state index in [0.717, 1.165) is 24.3 Å². The second kappa shape index (κ2) is 9.78. The van der Waals surface area contributed by atoms with Crippen molar-refractivity contribution in [2.24, 2.45) is 11.7 Å². The molecule has 0 radical (unpaired) electrons. The van der Waals surface area contributed by atoms with Gasteiger partial charge in [-0.2, -0.15) is 0 Å². The summed E-state index contributed by atoms with van der Waals surface area (Å²) in [6.07, 6.45) is 4.81. The van der Waals surface area contributed by atoms with Gasteiger partial charge in [0, 0.05) is 12.1 Å². The predicted molar refractivity (Wildman–Crippen MR) is 84.0 cm³/mol. The Bertz CT molecular complexity index is 368. The fourth-order valence-electron chi connectivity index (χ4n) is 2.37. The lowest BCUT2D eigenvalue weighted by molar-refractivity contribution is 0.0286. The van der Waals surface area contributed by atoms with E-state index in [1.54, 1.807) is 7.11 Å². The second-order valence-corrected chi connectivity index (χ2v) is 5.22. The summed E-state index contributed by atoms with van der Waals surface area (Å²) in [4.78, 5) is 0. The summed E-state index contributed by atoms with van der Waals surface area (Å²) in [5.74, 6) is 1.48. The average molecular weight is 279 g/mol. The lowest BCUT2D eigenvalue weighted by atomic mass is 10.00. The topological polar surface area (TPSA) is 44.5 Å². The number of para-hydroxylation sites is 1. The van der Waals surface area contributed by atoms with E-state index in [2.05, 4.69) is 13.8 Å². The third kappa shape index (κ3) is 5.14. The van der Waals surface area contributed by atoms with Crippen LogP contribution in [0.1, 0.15) is 51.2 Å². The van der Waals surface area contributed by atoms with Crippen LogP contribution in [0.25, 0.3) is 0 Å². The highest BCUT2D eigenvalue weighted by atomic mass is 16.5. The molecule has 0 aliphatic carbocycles. The number of hydrogen-bond acceptors (Lipinski definition) is 3. The van der Waals surface area contributed by atoms with Gasteiger partial charge in [0.2, 0.25) is 0 Å². The van der Waals surface area contributed by atoms with Crippen LogP contribution in [0.15, 0.2) is 24.3 Å². The maximum absolute atomic E-state index is 6.06. The Hall–Kier alpha value is -1.06. The first-order valence-corrected chi connectivity index (χ1v) is 7.71. The van der Waals surface area contributed by atoms with Gasteiger partial charge in [-0.15, -0.1) is 0 Å². The molecule has 0 bridgehead atoms. The van der Waals surface area contributed by atoms with Gasteiger partial charge in [-0.25, -0.2) is 0 Å². The summed E-state index contributed by atoms with van der Waals surface area (Å²) in [6, 6.07) is 7.95. The highest BCUT2D eigenvalue weighted by molar-refractivity contribution is 5.35. The van der Waals surface area contributed by atoms with Crippen LogP contribution in [-0.4, -0.2) is 20.3 Å². The van der Waals surface area contributed by atoms with Crippen molar-refractivity contribution in [3.8, 4) is 5.75 Å². The van der Waals surface area contributed by atoms with Crippen molar-refractivity contribution in [2.45, 2.75) is 45.6 Å². The van der Waals surface area contributed by atoms with Crippen LogP contribution < -0.4 is 10.5 Å². The van der Waals surface area contributed by atoms with Gasteiger partial charge in [-0.3, -0.25) is 0 Å². The van der Waals surface area contributed by atoms with Crippen LogP contribution in [-0.2, 0) is 4.74 Å². The molecule has 3 heteroatoms. The van der Waals surface area contributed by atoms with Crippen LogP contribution in [0, 0.1) is 5.92 Å². The summed E-state index contributed by atoms with van der Waals surface area (Å²) in [5.41, 5.74) is 6.92. The second-order valence-electron chi connectivity index (χ2n) is 5.22. The van der Waals surface area contributed by atoms with Gasteiger partial charge in [-0.1, -0.05) is 51.3 Å². The maximum atomic E-state index is 6.06. The molecule has 0 aromatic heterocycles. The van der Waals surface area contributed by atoms with Crippen molar-refractivity contribution < 1.29 is 9.47 Å². The number of rotatable bonds is 10. The van der Waals surface area contributed by atoms with E-state index < -0.39 is 0 Å². The van der Waals surface area contributed by atoms with E-state index in [4.69, 9.17) is 15.2 Å². The van der Waals surface area contributed by atoms with Crippen LogP contribution in [0.5, 0.6) is 5.75 Å². The van der Waals surface area contributed by atoms with Crippen molar-refractivity contribution in [2.75, 3.05) is 20.3 Å². The van der Waals surface area contributed by atoms with Gasteiger partial charge >= 0.3 is 0 Å². The molecular formula is C17H29NO2. The van der Waals surface area contributed by atoms with Gasteiger partial charge < -0.3 is 15.2 Å². The fraction of sp³-hybridized carbons (Fsp3) is 0.647. The Balaban J connectivity index is 2.62. The SMILES string of the molecule is CCCCC(CC)COC(CN)c1ccccc1OC. The maximum Gasteiger partial charge on any atom is 0.124 e. The molecule has 0 heterocycles. The quantitative estimate of drug-likeness (QED) is 0.706. The van der Waals surface area contributed by atoms with E-state index in [0.29, 0.717) is 12.5 Å². The molecule has 0 fully saturated rings. The summed E-state index contributed by atoms with van der Waals surface area (Å²) < 4.78 is 11.5. The molecule has 114 valence electrons. The molecule has 2 N–H and O–H groups in total. The van der Waals surface area contributed by atoms with Crippen molar-refractivity contribution in [3.05, 3.63) is 29.8 Å². The zero-order valence-electron chi connectivity index (χ0n) is 13.1. The van der Waals surface area contributed by atoms with Gasteiger partial charge in [0.25, 0.3) is 0 Å². The largest absolute Gasteiger partial charge is 0.496 e. The van der Waals surface area contributed by atoms with Gasteiger partial charge in [0.15, 0.2) is 0 Å². The molecule has 0 aliphatic rings. The first-order chi connectivity index (χ1) is 9.76. The Morgan fingerprint density at radius 2 is 1.95 bits per heavy atom. The summed E-state index contributed by atoms with van der Waals surface area (Å²) >= 11 is 0. The number of hydrogen-bond donors (Lipinski definition) is 1. The lowest BCUT2D eigenvalue weighted by Crippen LogP contribution is -2.20. The molecule has 0 amide bonds. The minimum atomic E-state index is -0.0816. The molecule has 2 unspecified atom stereocenters. The van der Waals surface area contributed by atoms with E-state index in [9.17, 15) is 0 Å².